The summed E-state index contributed by atoms with van der Waals surface area (Å²) in [6, 6.07) is 11.1. The van der Waals surface area contributed by atoms with E-state index in [1.807, 2.05) is 26.2 Å². The zero-order valence-corrected chi connectivity index (χ0v) is 18.7. The van der Waals surface area contributed by atoms with Crippen LogP contribution in [0.25, 0.3) is 16.8 Å². The number of halogens is 2. The predicted molar refractivity (Wildman–Crippen MR) is 122 cm³/mol. The van der Waals surface area contributed by atoms with E-state index in [2.05, 4.69) is 21.1 Å². The Balaban J connectivity index is 2.34. The first-order valence-corrected chi connectivity index (χ1v) is 10.4. The quantitative estimate of drug-likeness (QED) is 0.585. The van der Waals surface area contributed by atoms with Crippen LogP contribution >= 0.6 is 23.2 Å². The van der Waals surface area contributed by atoms with E-state index in [1.165, 1.54) is 0 Å². The Hall–Kier alpha value is -2.92. The van der Waals surface area contributed by atoms with E-state index < -0.39 is 11.2 Å². The van der Waals surface area contributed by atoms with E-state index in [9.17, 15) is 14.9 Å². The number of hydrogen-bond donors (Lipinski definition) is 1. The van der Waals surface area contributed by atoms with Gasteiger partial charge in [-0.1, -0.05) is 35.3 Å². The summed E-state index contributed by atoms with van der Waals surface area (Å²) in [4.78, 5) is 28.5. The van der Waals surface area contributed by atoms with Gasteiger partial charge in [-0.15, -0.1) is 0 Å². The van der Waals surface area contributed by atoms with Crippen molar-refractivity contribution in [3.63, 3.8) is 0 Å². The van der Waals surface area contributed by atoms with E-state index in [1.54, 1.807) is 18.2 Å². The third kappa shape index (κ3) is 5.23. The summed E-state index contributed by atoms with van der Waals surface area (Å²) in [7, 11) is 3.95. The maximum atomic E-state index is 12.7. The van der Waals surface area contributed by atoms with Gasteiger partial charge in [0.15, 0.2) is 0 Å². The van der Waals surface area contributed by atoms with Gasteiger partial charge in [0, 0.05) is 10.6 Å². The van der Waals surface area contributed by atoms with E-state index >= 15 is 0 Å². The Morgan fingerprint density at radius 3 is 2.52 bits per heavy atom. The first kappa shape index (κ1) is 22.8. The molecule has 0 aliphatic rings. The first-order valence-electron chi connectivity index (χ1n) is 9.62. The highest BCUT2D eigenvalue weighted by molar-refractivity contribution is 6.32. The van der Waals surface area contributed by atoms with Crippen molar-refractivity contribution in [1.82, 2.24) is 19.7 Å². The van der Waals surface area contributed by atoms with Gasteiger partial charge in [-0.2, -0.15) is 15.0 Å². The third-order valence-electron chi connectivity index (χ3n) is 4.79. The average molecular weight is 458 g/mol. The zero-order valence-electron chi connectivity index (χ0n) is 17.2. The second kappa shape index (κ2) is 9.92. The normalized spacial score (nSPS) is 11.0. The molecule has 1 aromatic heterocycles. The number of benzene rings is 2. The molecule has 3 rings (SSSR count). The SMILES string of the molecule is CN(C)CCCc1c(Cl)c(CC#N)cc(-c2ccc(Cl)cc2)c1-n1ncc(=O)[nH]c1=O. The summed E-state index contributed by atoms with van der Waals surface area (Å²) >= 11 is 12.8. The first-order chi connectivity index (χ1) is 14.8. The van der Waals surface area contributed by atoms with Crippen molar-refractivity contribution in [2.45, 2.75) is 19.3 Å². The Bertz CT molecular complexity index is 1240. The molecule has 0 aliphatic carbocycles. The van der Waals surface area contributed by atoms with Crippen LogP contribution in [0.1, 0.15) is 17.5 Å². The number of nitrogens with zero attached hydrogens (tertiary/aromatic N) is 4. The highest BCUT2D eigenvalue weighted by Gasteiger charge is 2.21. The topological polar surface area (TPSA) is 94.8 Å². The minimum atomic E-state index is -0.666. The molecule has 2 aromatic carbocycles. The molecule has 0 amide bonds. The van der Waals surface area contributed by atoms with Gasteiger partial charge >= 0.3 is 5.69 Å². The zero-order chi connectivity index (χ0) is 22.5. The van der Waals surface area contributed by atoms with Crippen LogP contribution in [0.5, 0.6) is 0 Å². The summed E-state index contributed by atoms with van der Waals surface area (Å²) in [6.07, 6.45) is 2.50. The molecule has 0 saturated heterocycles. The lowest BCUT2D eigenvalue weighted by atomic mass is 9.93. The molecule has 0 radical (unpaired) electrons. The molecule has 0 atom stereocenters. The van der Waals surface area contributed by atoms with Crippen molar-refractivity contribution < 1.29 is 0 Å². The maximum Gasteiger partial charge on any atom is 0.349 e. The molecule has 1 N–H and O–H groups in total. The maximum absolute atomic E-state index is 12.7. The van der Waals surface area contributed by atoms with E-state index in [0.29, 0.717) is 38.8 Å². The van der Waals surface area contributed by atoms with E-state index in [-0.39, 0.29) is 6.42 Å². The van der Waals surface area contributed by atoms with Crippen LogP contribution in [-0.4, -0.2) is 40.3 Å². The largest absolute Gasteiger partial charge is 0.349 e. The lowest BCUT2D eigenvalue weighted by molar-refractivity contribution is 0.400. The average Bonchev–Trinajstić information content (AvgIpc) is 2.71. The molecule has 0 aliphatic heterocycles. The van der Waals surface area contributed by atoms with Gasteiger partial charge in [0.25, 0.3) is 5.56 Å². The van der Waals surface area contributed by atoms with Crippen molar-refractivity contribution in [3.8, 4) is 22.9 Å². The Kier molecular flexibility index (Phi) is 7.29. The van der Waals surface area contributed by atoms with Gasteiger partial charge in [-0.3, -0.25) is 9.78 Å². The number of H-pyrrole nitrogens is 1. The van der Waals surface area contributed by atoms with Gasteiger partial charge in [0.1, 0.15) is 6.20 Å². The highest BCUT2D eigenvalue weighted by atomic mass is 35.5. The van der Waals surface area contributed by atoms with Crippen molar-refractivity contribution in [1.29, 1.82) is 5.26 Å². The van der Waals surface area contributed by atoms with E-state index in [4.69, 9.17) is 23.2 Å². The van der Waals surface area contributed by atoms with Crippen LogP contribution in [0.15, 0.2) is 46.1 Å². The lowest BCUT2D eigenvalue weighted by Gasteiger charge is -2.20. The van der Waals surface area contributed by atoms with Crippen molar-refractivity contribution in [2.75, 3.05) is 20.6 Å². The second-order valence-corrected chi connectivity index (χ2v) is 8.14. The van der Waals surface area contributed by atoms with Crippen molar-refractivity contribution >= 4 is 23.2 Å². The summed E-state index contributed by atoms with van der Waals surface area (Å²) in [5.74, 6) is 0. The Morgan fingerprint density at radius 2 is 1.90 bits per heavy atom. The molecule has 7 nitrogen and oxygen atoms in total. The molecule has 0 fully saturated rings. The second-order valence-electron chi connectivity index (χ2n) is 7.32. The Labute approximate surface area is 189 Å². The fraction of sp³-hybridized carbons (Fsp3) is 0.273. The number of nitrogens with one attached hydrogen (secondary N) is 1. The number of aromatic nitrogens is 3. The summed E-state index contributed by atoms with van der Waals surface area (Å²) in [5.41, 5.74) is 2.04. The molecular weight excluding hydrogens is 437 g/mol. The molecule has 0 bridgehead atoms. The molecule has 0 unspecified atom stereocenters. The van der Waals surface area contributed by atoms with Crippen molar-refractivity contribution in [3.05, 3.63) is 78.5 Å². The standard InChI is InChI=1S/C22H21Cl2N5O2/c1-28(2)11-3-4-17-20(24)15(9-10-25)12-18(14-5-7-16(23)8-6-14)21(17)29-22(31)27-19(30)13-26-29/h5-8,12-13H,3-4,9,11H2,1-2H3,(H,27,30,31). The molecule has 9 heteroatoms. The van der Waals surface area contributed by atoms with E-state index in [0.717, 1.165) is 29.4 Å². The fourth-order valence-electron chi connectivity index (χ4n) is 3.38. The number of rotatable bonds is 7. The van der Waals surface area contributed by atoms with Crippen LogP contribution in [-0.2, 0) is 12.8 Å². The van der Waals surface area contributed by atoms with Crippen LogP contribution in [0.2, 0.25) is 10.0 Å². The Morgan fingerprint density at radius 1 is 1.19 bits per heavy atom. The van der Waals surface area contributed by atoms with Crippen LogP contribution in [0, 0.1) is 11.3 Å². The summed E-state index contributed by atoms with van der Waals surface area (Å²) in [6.45, 7) is 0.808. The van der Waals surface area contributed by atoms with Crippen LogP contribution in [0.4, 0.5) is 0 Å². The minimum absolute atomic E-state index is 0.119. The fourth-order valence-corrected chi connectivity index (χ4v) is 3.82. The molecule has 1 heterocycles. The highest BCUT2D eigenvalue weighted by Crippen LogP contribution is 2.37. The minimum Gasteiger partial charge on any atom is -0.309 e. The predicted octanol–water partition coefficient (Wildman–Crippen LogP) is 3.45. The third-order valence-corrected chi connectivity index (χ3v) is 5.51. The summed E-state index contributed by atoms with van der Waals surface area (Å²) in [5, 5.41) is 14.4. The molecule has 0 spiro atoms. The monoisotopic (exact) mass is 457 g/mol. The molecule has 0 saturated carbocycles. The lowest BCUT2D eigenvalue weighted by Crippen LogP contribution is -2.31. The van der Waals surface area contributed by atoms with Gasteiger partial charge in [0.05, 0.1) is 23.2 Å². The smallest absolute Gasteiger partial charge is 0.309 e. The number of hydrogen-bond acceptors (Lipinski definition) is 5. The van der Waals surface area contributed by atoms with Gasteiger partial charge in [0.2, 0.25) is 0 Å². The molecular formula is C22H21Cl2N5O2. The number of nitriles is 1. The number of aromatic amines is 1. The van der Waals surface area contributed by atoms with Gasteiger partial charge in [-0.05, 0) is 68.4 Å². The van der Waals surface area contributed by atoms with Gasteiger partial charge in [-0.25, -0.2) is 4.79 Å². The van der Waals surface area contributed by atoms with Crippen molar-refractivity contribution in [2.24, 2.45) is 0 Å². The van der Waals surface area contributed by atoms with Crippen LogP contribution in [0.3, 0.4) is 0 Å². The van der Waals surface area contributed by atoms with Crippen LogP contribution < -0.4 is 11.2 Å². The molecule has 160 valence electrons. The summed E-state index contributed by atoms with van der Waals surface area (Å²) < 4.78 is 1.15. The van der Waals surface area contributed by atoms with Gasteiger partial charge < -0.3 is 4.90 Å². The molecule has 31 heavy (non-hydrogen) atoms. The molecule has 3 aromatic rings.